The van der Waals surface area contributed by atoms with E-state index in [-0.39, 0.29) is 18.3 Å². The monoisotopic (exact) mass is 484 g/mol. The zero-order valence-electron chi connectivity index (χ0n) is 19.9. The average Bonchev–Trinajstić information content (AvgIpc) is 2.81. The van der Waals surface area contributed by atoms with E-state index in [9.17, 15) is 17.6 Å². The fourth-order valence-electron chi connectivity index (χ4n) is 3.98. The minimum Gasteiger partial charge on any atom is -0.394 e. The minimum absolute atomic E-state index is 0.0393. The third-order valence-corrected chi connectivity index (χ3v) is 6.05. The van der Waals surface area contributed by atoms with Crippen molar-refractivity contribution in [1.82, 2.24) is 5.32 Å². The Bertz CT molecular complexity index is 833. The Balaban J connectivity index is 0.000000497. The maximum Gasteiger partial charge on any atom is 0.416 e. The van der Waals surface area contributed by atoms with Crippen LogP contribution < -0.4 is 10.6 Å². The van der Waals surface area contributed by atoms with Gasteiger partial charge in [0, 0.05) is 18.8 Å². The van der Waals surface area contributed by atoms with Crippen LogP contribution in [0.25, 0.3) is 0 Å². The lowest BCUT2D eigenvalue weighted by Gasteiger charge is -2.33. The highest BCUT2D eigenvalue weighted by atomic mass is 19.4. The first-order valence-electron chi connectivity index (χ1n) is 11.8. The summed E-state index contributed by atoms with van der Waals surface area (Å²) in [5.74, 6) is 0.743. The minimum atomic E-state index is -4.30. The summed E-state index contributed by atoms with van der Waals surface area (Å²) in [4.78, 5) is 0. The second-order valence-electron chi connectivity index (χ2n) is 8.75. The second kappa shape index (κ2) is 14.3. The van der Waals surface area contributed by atoms with Crippen molar-refractivity contribution < 1.29 is 27.4 Å². The normalized spacial score (nSPS) is 18.3. The number of hydrogen-bond donors (Lipinski definition) is 3. The maximum atomic E-state index is 13.0. The summed E-state index contributed by atoms with van der Waals surface area (Å²) in [6, 6.07) is 11.9. The largest absolute Gasteiger partial charge is 0.416 e. The molecule has 0 spiro atoms. The van der Waals surface area contributed by atoms with Gasteiger partial charge in [0.15, 0.2) is 0 Å². The number of halogens is 4. The Labute approximate surface area is 199 Å². The van der Waals surface area contributed by atoms with E-state index in [1.165, 1.54) is 18.2 Å². The number of ether oxygens (including phenoxy) is 1. The third kappa shape index (κ3) is 9.60. The first-order chi connectivity index (χ1) is 16.2. The molecular formula is C26H36F4N2O2. The molecule has 0 bridgehead atoms. The Morgan fingerprint density at radius 3 is 2.50 bits per heavy atom. The second-order valence-corrected chi connectivity index (χ2v) is 8.75. The highest BCUT2D eigenvalue weighted by Gasteiger charge is 2.33. The van der Waals surface area contributed by atoms with Crippen LogP contribution in [-0.2, 0) is 10.9 Å². The SMILES string of the molecule is CC(CCC1CNc2ccc(C(F)(F)F)cc2C1C)CNCCOCCO.Fc1ccccc1. The van der Waals surface area contributed by atoms with Crippen molar-refractivity contribution in [1.29, 1.82) is 0 Å². The zero-order valence-corrected chi connectivity index (χ0v) is 19.9. The van der Waals surface area contributed by atoms with E-state index < -0.39 is 11.7 Å². The van der Waals surface area contributed by atoms with Gasteiger partial charge >= 0.3 is 6.18 Å². The summed E-state index contributed by atoms with van der Waals surface area (Å²) in [5.41, 5.74) is 1.02. The summed E-state index contributed by atoms with van der Waals surface area (Å²) in [5, 5.41) is 15.3. The molecule has 3 atom stereocenters. The molecule has 4 nitrogen and oxygen atoms in total. The zero-order chi connectivity index (χ0) is 25.0. The van der Waals surface area contributed by atoms with Gasteiger partial charge in [0.2, 0.25) is 0 Å². The third-order valence-electron chi connectivity index (χ3n) is 6.05. The predicted octanol–water partition coefficient (Wildman–Crippen LogP) is 5.69. The van der Waals surface area contributed by atoms with Crippen LogP contribution in [-0.4, -0.2) is 44.6 Å². The van der Waals surface area contributed by atoms with Gasteiger partial charge < -0.3 is 20.5 Å². The molecule has 0 saturated heterocycles. The number of hydrogen-bond acceptors (Lipinski definition) is 4. The summed E-state index contributed by atoms with van der Waals surface area (Å²) in [6.45, 7) is 7.62. The van der Waals surface area contributed by atoms with E-state index in [0.29, 0.717) is 25.0 Å². The van der Waals surface area contributed by atoms with Crippen LogP contribution >= 0.6 is 0 Å². The van der Waals surface area contributed by atoms with Crippen LogP contribution in [0.5, 0.6) is 0 Å². The number of aliphatic hydroxyl groups is 1. The van der Waals surface area contributed by atoms with Crippen LogP contribution in [0.1, 0.15) is 43.7 Å². The quantitative estimate of drug-likeness (QED) is 0.300. The highest BCUT2D eigenvalue weighted by Crippen LogP contribution is 2.40. The van der Waals surface area contributed by atoms with Gasteiger partial charge in [-0.25, -0.2) is 4.39 Å². The van der Waals surface area contributed by atoms with Crippen molar-refractivity contribution >= 4 is 5.69 Å². The van der Waals surface area contributed by atoms with Gasteiger partial charge in [0.1, 0.15) is 5.82 Å². The Morgan fingerprint density at radius 1 is 1.15 bits per heavy atom. The molecule has 3 N–H and O–H groups in total. The van der Waals surface area contributed by atoms with Crippen LogP contribution in [0, 0.1) is 17.7 Å². The van der Waals surface area contributed by atoms with Crippen molar-refractivity contribution in [3.05, 3.63) is 65.5 Å². The topological polar surface area (TPSA) is 53.5 Å². The van der Waals surface area contributed by atoms with E-state index in [1.54, 1.807) is 24.3 Å². The fraction of sp³-hybridized carbons (Fsp3) is 0.538. The van der Waals surface area contributed by atoms with Gasteiger partial charge in [-0.2, -0.15) is 13.2 Å². The summed E-state index contributed by atoms with van der Waals surface area (Å²) < 4.78 is 56.1. The number of nitrogens with one attached hydrogen (secondary N) is 2. The van der Waals surface area contributed by atoms with Gasteiger partial charge in [0.05, 0.1) is 25.4 Å². The number of anilines is 1. The van der Waals surface area contributed by atoms with Gasteiger partial charge in [-0.05, 0) is 73.0 Å². The Kier molecular flexibility index (Phi) is 11.8. The molecule has 1 aliphatic rings. The molecule has 2 aromatic carbocycles. The van der Waals surface area contributed by atoms with Crippen LogP contribution in [0.15, 0.2) is 48.5 Å². The van der Waals surface area contributed by atoms with Crippen molar-refractivity contribution in [2.45, 2.75) is 38.8 Å². The maximum absolute atomic E-state index is 13.0. The average molecular weight is 485 g/mol. The van der Waals surface area contributed by atoms with E-state index in [1.807, 2.05) is 6.92 Å². The standard InChI is InChI=1S/C20H31F3N2O2.C6H5F/c1-14(12-24-7-9-27-10-8-26)3-4-16-13-25-19-6-5-17(20(21,22)23)11-18(19)15(16)2;7-6-4-2-1-3-5-6/h5-6,11,14-16,24-26H,3-4,7-10,12-13H2,1-2H3;1-5H. The first-order valence-corrected chi connectivity index (χ1v) is 11.8. The fourth-order valence-corrected chi connectivity index (χ4v) is 3.98. The highest BCUT2D eigenvalue weighted by molar-refractivity contribution is 5.56. The first kappa shape index (κ1) is 28.1. The molecule has 1 heterocycles. The van der Waals surface area contributed by atoms with Gasteiger partial charge in [-0.15, -0.1) is 0 Å². The van der Waals surface area contributed by atoms with Gasteiger partial charge in [0.25, 0.3) is 0 Å². The Morgan fingerprint density at radius 2 is 1.88 bits per heavy atom. The summed E-state index contributed by atoms with van der Waals surface area (Å²) in [6.07, 6.45) is -2.30. The number of benzene rings is 2. The van der Waals surface area contributed by atoms with Crippen molar-refractivity contribution in [3.63, 3.8) is 0 Å². The molecule has 0 saturated carbocycles. The molecule has 2 aromatic rings. The van der Waals surface area contributed by atoms with Crippen molar-refractivity contribution in [2.75, 3.05) is 44.8 Å². The molecule has 8 heteroatoms. The molecule has 34 heavy (non-hydrogen) atoms. The molecule has 0 aliphatic carbocycles. The van der Waals surface area contributed by atoms with E-state index in [2.05, 4.69) is 17.6 Å². The lowest BCUT2D eigenvalue weighted by atomic mass is 9.79. The molecule has 1 aliphatic heterocycles. The van der Waals surface area contributed by atoms with Crippen LogP contribution in [0.2, 0.25) is 0 Å². The van der Waals surface area contributed by atoms with Gasteiger partial charge in [-0.1, -0.05) is 32.0 Å². The number of alkyl halides is 3. The molecule has 3 rings (SSSR count). The van der Waals surface area contributed by atoms with Gasteiger partial charge in [-0.3, -0.25) is 0 Å². The lowest BCUT2D eigenvalue weighted by molar-refractivity contribution is -0.137. The van der Waals surface area contributed by atoms with Crippen molar-refractivity contribution in [3.8, 4) is 0 Å². The van der Waals surface area contributed by atoms with E-state index in [0.717, 1.165) is 49.8 Å². The predicted molar refractivity (Wildman–Crippen MR) is 127 cm³/mol. The van der Waals surface area contributed by atoms with E-state index >= 15 is 0 Å². The molecule has 3 unspecified atom stereocenters. The Hall–Kier alpha value is -2.16. The molecule has 0 amide bonds. The molecule has 0 radical (unpaired) electrons. The summed E-state index contributed by atoms with van der Waals surface area (Å²) in [7, 11) is 0. The smallest absolute Gasteiger partial charge is 0.394 e. The molecule has 190 valence electrons. The van der Waals surface area contributed by atoms with E-state index in [4.69, 9.17) is 9.84 Å². The number of fused-ring (bicyclic) bond motifs is 1. The van der Waals surface area contributed by atoms with Crippen molar-refractivity contribution in [2.24, 2.45) is 11.8 Å². The lowest BCUT2D eigenvalue weighted by Crippen LogP contribution is -2.29. The number of rotatable bonds is 10. The molecular weight excluding hydrogens is 448 g/mol. The molecule has 0 aromatic heterocycles. The number of aliphatic hydroxyl groups excluding tert-OH is 1. The molecule has 0 fully saturated rings. The van der Waals surface area contributed by atoms with Crippen LogP contribution in [0.3, 0.4) is 0 Å². The van der Waals surface area contributed by atoms with Crippen LogP contribution in [0.4, 0.5) is 23.2 Å². The summed E-state index contributed by atoms with van der Waals surface area (Å²) >= 11 is 0.